The van der Waals surface area contributed by atoms with Gasteiger partial charge in [-0.3, -0.25) is 20.0 Å². The number of benzene rings is 1. The summed E-state index contributed by atoms with van der Waals surface area (Å²) >= 11 is 0. The van der Waals surface area contributed by atoms with Crippen LogP contribution in [0.25, 0.3) is 0 Å². The summed E-state index contributed by atoms with van der Waals surface area (Å²) in [6.45, 7) is 5.09. The largest absolute Gasteiger partial charge is 0.341 e. The third-order valence-electron chi connectivity index (χ3n) is 5.74. The molecule has 1 amide bonds. The van der Waals surface area contributed by atoms with Crippen molar-refractivity contribution in [2.45, 2.75) is 51.1 Å². The van der Waals surface area contributed by atoms with Crippen molar-refractivity contribution in [1.82, 2.24) is 15.1 Å². The van der Waals surface area contributed by atoms with E-state index in [-0.39, 0.29) is 17.8 Å². The van der Waals surface area contributed by atoms with Gasteiger partial charge in [0, 0.05) is 26.1 Å². The maximum Gasteiger partial charge on any atom is 0.255 e. The van der Waals surface area contributed by atoms with Gasteiger partial charge in [-0.1, -0.05) is 50.1 Å². The monoisotopic (exact) mass is 342 g/mol. The molecular formula is C20H30N4O. The van der Waals surface area contributed by atoms with E-state index >= 15 is 0 Å². The van der Waals surface area contributed by atoms with Gasteiger partial charge in [0.25, 0.3) is 5.91 Å². The number of guanidine groups is 1. The van der Waals surface area contributed by atoms with Crippen molar-refractivity contribution in [3.05, 3.63) is 35.9 Å². The SMILES string of the molecule is CCCCC1([C@@H]2CCCN(Cc3ccccc3)C2)NC(=N)N(C)C1=O. The number of likely N-dealkylation sites (N-methyl/N-ethyl adjacent to an activating group) is 1. The minimum atomic E-state index is -0.586. The Bertz CT molecular complexity index is 617. The van der Waals surface area contributed by atoms with E-state index in [9.17, 15) is 4.79 Å². The van der Waals surface area contributed by atoms with Gasteiger partial charge in [-0.25, -0.2) is 0 Å². The van der Waals surface area contributed by atoms with Crippen LogP contribution in [0.1, 0.15) is 44.6 Å². The first-order valence-electron chi connectivity index (χ1n) is 9.48. The molecule has 2 aliphatic heterocycles. The fourth-order valence-electron chi connectivity index (χ4n) is 4.30. The standard InChI is InChI=1S/C20H30N4O/c1-3-4-12-20(18(25)23(2)19(21)22-20)17-11-8-13-24(15-17)14-16-9-6-5-7-10-16/h5-7,9-10,17H,3-4,8,11-15H2,1-2H3,(H2,21,22)/t17-,20?/m1/s1. The lowest BCUT2D eigenvalue weighted by Gasteiger charge is -2.42. The summed E-state index contributed by atoms with van der Waals surface area (Å²) in [4.78, 5) is 17.0. The zero-order valence-electron chi connectivity index (χ0n) is 15.4. The molecular weight excluding hydrogens is 312 g/mol. The number of amides is 1. The van der Waals surface area contributed by atoms with Crippen LogP contribution in [0.5, 0.6) is 0 Å². The molecule has 5 heteroatoms. The number of rotatable bonds is 6. The zero-order valence-corrected chi connectivity index (χ0v) is 15.4. The molecule has 1 aromatic carbocycles. The lowest BCUT2D eigenvalue weighted by molar-refractivity contribution is -0.133. The van der Waals surface area contributed by atoms with Crippen molar-refractivity contribution in [2.24, 2.45) is 5.92 Å². The van der Waals surface area contributed by atoms with Crippen LogP contribution < -0.4 is 5.32 Å². The molecule has 1 aromatic rings. The Balaban J connectivity index is 1.77. The predicted molar refractivity (Wildman–Crippen MR) is 100 cm³/mol. The van der Waals surface area contributed by atoms with Crippen molar-refractivity contribution in [3.63, 3.8) is 0 Å². The van der Waals surface area contributed by atoms with Crippen LogP contribution in [0.3, 0.4) is 0 Å². The van der Waals surface area contributed by atoms with E-state index in [1.54, 1.807) is 7.05 Å². The summed E-state index contributed by atoms with van der Waals surface area (Å²) in [6, 6.07) is 10.5. The summed E-state index contributed by atoms with van der Waals surface area (Å²) in [5.41, 5.74) is 0.735. The molecule has 2 heterocycles. The highest BCUT2D eigenvalue weighted by Crippen LogP contribution is 2.36. The molecule has 0 bridgehead atoms. The van der Waals surface area contributed by atoms with E-state index in [0.717, 1.165) is 51.7 Å². The van der Waals surface area contributed by atoms with Gasteiger partial charge in [0.2, 0.25) is 0 Å². The molecule has 2 N–H and O–H groups in total. The van der Waals surface area contributed by atoms with Gasteiger partial charge in [0.05, 0.1) is 0 Å². The highest BCUT2D eigenvalue weighted by molar-refractivity contribution is 6.07. The van der Waals surface area contributed by atoms with E-state index in [4.69, 9.17) is 5.41 Å². The van der Waals surface area contributed by atoms with Crippen LogP contribution in [0.15, 0.2) is 30.3 Å². The first-order valence-corrected chi connectivity index (χ1v) is 9.48. The van der Waals surface area contributed by atoms with E-state index < -0.39 is 5.54 Å². The highest BCUT2D eigenvalue weighted by Gasteiger charge is 2.53. The molecule has 0 spiro atoms. The van der Waals surface area contributed by atoms with Gasteiger partial charge >= 0.3 is 0 Å². The third kappa shape index (κ3) is 3.56. The minimum Gasteiger partial charge on any atom is -0.341 e. The molecule has 0 aliphatic carbocycles. The van der Waals surface area contributed by atoms with Crippen molar-refractivity contribution in [3.8, 4) is 0 Å². The molecule has 0 saturated carbocycles. The van der Waals surface area contributed by atoms with E-state index in [2.05, 4.69) is 41.4 Å². The molecule has 25 heavy (non-hydrogen) atoms. The molecule has 0 aromatic heterocycles. The quantitative estimate of drug-likeness (QED) is 0.836. The Morgan fingerprint density at radius 1 is 1.32 bits per heavy atom. The van der Waals surface area contributed by atoms with Gasteiger partial charge in [-0.15, -0.1) is 0 Å². The lowest BCUT2D eigenvalue weighted by atomic mass is 9.75. The van der Waals surface area contributed by atoms with Crippen molar-refractivity contribution >= 4 is 11.9 Å². The lowest BCUT2D eigenvalue weighted by Crippen LogP contribution is -2.57. The van der Waals surface area contributed by atoms with Crippen LogP contribution in [0.4, 0.5) is 0 Å². The minimum absolute atomic E-state index is 0.0810. The topological polar surface area (TPSA) is 59.4 Å². The Morgan fingerprint density at radius 2 is 2.08 bits per heavy atom. The molecule has 3 rings (SSSR count). The second-order valence-corrected chi connectivity index (χ2v) is 7.47. The molecule has 2 fully saturated rings. The maximum absolute atomic E-state index is 13.0. The maximum atomic E-state index is 13.0. The number of carbonyl (C=O) groups excluding carboxylic acids is 1. The third-order valence-corrected chi connectivity index (χ3v) is 5.74. The van der Waals surface area contributed by atoms with Gasteiger partial charge in [-0.2, -0.15) is 0 Å². The van der Waals surface area contributed by atoms with Crippen LogP contribution in [0, 0.1) is 11.3 Å². The number of carbonyl (C=O) groups is 1. The normalized spacial score (nSPS) is 27.6. The van der Waals surface area contributed by atoms with Crippen molar-refractivity contribution in [2.75, 3.05) is 20.1 Å². The van der Waals surface area contributed by atoms with Crippen LogP contribution >= 0.6 is 0 Å². The smallest absolute Gasteiger partial charge is 0.255 e. The molecule has 1 unspecified atom stereocenters. The molecule has 2 aliphatic rings. The molecule has 136 valence electrons. The van der Waals surface area contributed by atoms with E-state index in [1.165, 1.54) is 10.5 Å². The van der Waals surface area contributed by atoms with E-state index in [1.807, 2.05) is 6.07 Å². The first-order chi connectivity index (χ1) is 12.1. The summed E-state index contributed by atoms with van der Waals surface area (Å²) in [5.74, 6) is 0.591. The first kappa shape index (κ1) is 17.9. The number of likely N-dealkylation sites (tertiary alicyclic amines) is 1. The number of piperidine rings is 1. The Labute approximate surface area is 150 Å². The summed E-state index contributed by atoms with van der Waals surface area (Å²) in [5, 5.41) is 11.4. The second kappa shape index (κ2) is 7.56. The van der Waals surface area contributed by atoms with Crippen LogP contribution in [0.2, 0.25) is 0 Å². The number of hydrogen-bond acceptors (Lipinski definition) is 3. The van der Waals surface area contributed by atoms with Crippen molar-refractivity contribution < 1.29 is 4.79 Å². The Hall–Kier alpha value is -1.88. The fourth-order valence-corrected chi connectivity index (χ4v) is 4.30. The van der Waals surface area contributed by atoms with Gasteiger partial charge < -0.3 is 5.32 Å². The van der Waals surface area contributed by atoms with Crippen LogP contribution in [-0.4, -0.2) is 47.3 Å². The highest BCUT2D eigenvalue weighted by atomic mass is 16.2. The van der Waals surface area contributed by atoms with Crippen molar-refractivity contribution in [1.29, 1.82) is 5.41 Å². The van der Waals surface area contributed by atoms with Crippen LogP contribution in [-0.2, 0) is 11.3 Å². The number of unbranched alkanes of at least 4 members (excludes halogenated alkanes) is 1. The van der Waals surface area contributed by atoms with Gasteiger partial charge in [-0.05, 0) is 31.4 Å². The molecule has 2 atom stereocenters. The number of nitrogens with one attached hydrogen (secondary N) is 2. The van der Waals surface area contributed by atoms with Gasteiger partial charge in [0.15, 0.2) is 5.96 Å². The average molecular weight is 342 g/mol. The predicted octanol–water partition coefficient (Wildman–Crippen LogP) is 2.82. The second-order valence-electron chi connectivity index (χ2n) is 7.47. The Morgan fingerprint density at radius 3 is 2.72 bits per heavy atom. The average Bonchev–Trinajstić information content (AvgIpc) is 2.86. The summed E-state index contributed by atoms with van der Waals surface area (Å²) in [6.07, 6.45) is 5.05. The zero-order chi connectivity index (χ0) is 17.9. The molecule has 0 radical (unpaired) electrons. The van der Waals surface area contributed by atoms with Gasteiger partial charge in [0.1, 0.15) is 5.54 Å². The fraction of sp³-hybridized carbons (Fsp3) is 0.600. The molecule has 2 saturated heterocycles. The number of hydrogen-bond donors (Lipinski definition) is 2. The Kier molecular flexibility index (Phi) is 5.42. The number of nitrogens with zero attached hydrogens (tertiary/aromatic N) is 2. The molecule has 5 nitrogen and oxygen atoms in total. The summed E-state index contributed by atoms with van der Waals surface area (Å²) in [7, 11) is 1.72. The van der Waals surface area contributed by atoms with E-state index in [0.29, 0.717) is 0 Å². The summed E-state index contributed by atoms with van der Waals surface area (Å²) < 4.78 is 0.